The van der Waals surface area contributed by atoms with Gasteiger partial charge in [0.25, 0.3) is 6.47 Å². The van der Waals surface area contributed by atoms with Crippen molar-refractivity contribution in [2.45, 2.75) is 25.4 Å². The van der Waals surface area contributed by atoms with Crippen LogP contribution >= 0.6 is 0 Å². The van der Waals surface area contributed by atoms with Crippen LogP contribution in [0.5, 0.6) is 5.75 Å². The molecule has 15 heavy (non-hydrogen) atoms. The normalized spacial score (nSPS) is 19.1. The number of ether oxygens (including phenoxy) is 2. The predicted octanol–water partition coefficient (Wildman–Crippen LogP) is 1.73. The minimum absolute atomic E-state index is 0.0297. The molecule has 0 aromatic heterocycles. The van der Waals surface area contributed by atoms with Crippen LogP contribution in [0.3, 0.4) is 0 Å². The van der Waals surface area contributed by atoms with E-state index >= 15 is 0 Å². The molecule has 1 aromatic carbocycles. The lowest BCUT2D eigenvalue weighted by molar-refractivity contribution is -0.133. The molecule has 1 aliphatic rings. The Morgan fingerprint density at radius 2 is 2.33 bits per heavy atom. The van der Waals surface area contributed by atoms with E-state index in [1.807, 2.05) is 12.1 Å². The van der Waals surface area contributed by atoms with Crippen molar-refractivity contribution >= 4 is 6.47 Å². The smallest absolute Gasteiger partial charge is 0.293 e. The quantitative estimate of drug-likeness (QED) is 0.706. The van der Waals surface area contributed by atoms with Crippen LogP contribution in [-0.2, 0) is 22.4 Å². The average Bonchev–Trinajstić information content (AvgIpc) is 2.28. The molecule has 1 aliphatic carbocycles. The molecule has 3 nitrogen and oxygen atoms in total. The summed E-state index contributed by atoms with van der Waals surface area (Å²) in [7, 11) is 1.68. The van der Waals surface area contributed by atoms with E-state index in [0.29, 0.717) is 6.47 Å². The Bertz CT molecular complexity index is 360. The standard InChI is InChI=1S/C12H14O3/c1-14-12-4-2-3-9-7-10(15-8-13)5-6-11(9)12/h2-4,8,10H,5-7H2,1H3. The monoisotopic (exact) mass is 206 g/mol. The zero-order chi connectivity index (χ0) is 10.7. The van der Waals surface area contributed by atoms with Gasteiger partial charge >= 0.3 is 0 Å². The van der Waals surface area contributed by atoms with Gasteiger partial charge in [-0.15, -0.1) is 0 Å². The Morgan fingerprint density at radius 3 is 3.07 bits per heavy atom. The van der Waals surface area contributed by atoms with Crippen molar-refractivity contribution in [3.63, 3.8) is 0 Å². The maximum absolute atomic E-state index is 10.3. The van der Waals surface area contributed by atoms with Crippen LogP contribution in [0.25, 0.3) is 0 Å². The van der Waals surface area contributed by atoms with Gasteiger partial charge in [-0.25, -0.2) is 0 Å². The predicted molar refractivity (Wildman–Crippen MR) is 56.0 cm³/mol. The van der Waals surface area contributed by atoms with Gasteiger partial charge in [0.1, 0.15) is 11.9 Å². The van der Waals surface area contributed by atoms with Gasteiger partial charge < -0.3 is 9.47 Å². The fraction of sp³-hybridized carbons (Fsp3) is 0.417. The topological polar surface area (TPSA) is 35.5 Å². The molecular formula is C12H14O3. The Balaban J connectivity index is 2.23. The summed E-state index contributed by atoms with van der Waals surface area (Å²) in [5.41, 5.74) is 2.48. The fourth-order valence-corrected chi connectivity index (χ4v) is 2.12. The van der Waals surface area contributed by atoms with Gasteiger partial charge in [-0.1, -0.05) is 12.1 Å². The zero-order valence-corrected chi connectivity index (χ0v) is 8.73. The summed E-state index contributed by atoms with van der Waals surface area (Å²) >= 11 is 0. The Hall–Kier alpha value is -1.51. The summed E-state index contributed by atoms with van der Waals surface area (Å²) in [5.74, 6) is 0.942. The van der Waals surface area contributed by atoms with Crippen LogP contribution in [0.15, 0.2) is 18.2 Å². The molecule has 3 heteroatoms. The fourth-order valence-electron chi connectivity index (χ4n) is 2.12. The Kier molecular flexibility index (Phi) is 2.90. The molecule has 0 fully saturated rings. The molecule has 0 spiro atoms. The van der Waals surface area contributed by atoms with Gasteiger partial charge in [0.05, 0.1) is 7.11 Å². The zero-order valence-electron chi connectivity index (χ0n) is 8.73. The van der Waals surface area contributed by atoms with Crippen LogP contribution < -0.4 is 4.74 Å². The first kappa shape index (κ1) is 10.0. The lowest BCUT2D eigenvalue weighted by atomic mass is 9.89. The highest BCUT2D eigenvalue weighted by Gasteiger charge is 2.21. The van der Waals surface area contributed by atoms with Crippen molar-refractivity contribution in [3.05, 3.63) is 29.3 Å². The average molecular weight is 206 g/mol. The number of methoxy groups -OCH3 is 1. The van der Waals surface area contributed by atoms with Crippen molar-refractivity contribution in [2.75, 3.05) is 7.11 Å². The number of fused-ring (bicyclic) bond motifs is 1. The summed E-state index contributed by atoms with van der Waals surface area (Å²) < 4.78 is 10.3. The first-order chi connectivity index (χ1) is 7.35. The number of carbonyl (C=O) groups excluding carboxylic acids is 1. The Labute approximate surface area is 89.0 Å². The third-order valence-electron chi connectivity index (χ3n) is 2.86. The maximum atomic E-state index is 10.3. The lowest BCUT2D eigenvalue weighted by Crippen LogP contribution is -2.22. The second-order valence-electron chi connectivity index (χ2n) is 3.70. The van der Waals surface area contributed by atoms with E-state index in [1.165, 1.54) is 11.1 Å². The summed E-state index contributed by atoms with van der Waals surface area (Å²) in [5, 5.41) is 0. The highest BCUT2D eigenvalue weighted by Crippen LogP contribution is 2.30. The number of rotatable bonds is 3. The van der Waals surface area contributed by atoms with Crippen molar-refractivity contribution in [1.82, 2.24) is 0 Å². The lowest BCUT2D eigenvalue weighted by Gasteiger charge is -2.24. The molecule has 2 rings (SSSR count). The van der Waals surface area contributed by atoms with Crippen molar-refractivity contribution in [3.8, 4) is 5.75 Å². The van der Waals surface area contributed by atoms with E-state index in [1.54, 1.807) is 7.11 Å². The van der Waals surface area contributed by atoms with E-state index in [-0.39, 0.29) is 6.10 Å². The second kappa shape index (κ2) is 4.34. The van der Waals surface area contributed by atoms with Gasteiger partial charge in [-0.3, -0.25) is 4.79 Å². The molecule has 1 unspecified atom stereocenters. The van der Waals surface area contributed by atoms with E-state index in [2.05, 4.69) is 6.07 Å². The molecule has 1 atom stereocenters. The first-order valence-corrected chi connectivity index (χ1v) is 5.09. The van der Waals surface area contributed by atoms with Crippen molar-refractivity contribution in [1.29, 1.82) is 0 Å². The molecule has 0 saturated carbocycles. The van der Waals surface area contributed by atoms with Gasteiger partial charge in [-0.2, -0.15) is 0 Å². The van der Waals surface area contributed by atoms with E-state index in [9.17, 15) is 4.79 Å². The first-order valence-electron chi connectivity index (χ1n) is 5.09. The second-order valence-corrected chi connectivity index (χ2v) is 3.70. The molecule has 80 valence electrons. The molecule has 0 amide bonds. The van der Waals surface area contributed by atoms with Crippen LogP contribution in [0.2, 0.25) is 0 Å². The summed E-state index contributed by atoms with van der Waals surface area (Å²) in [6.45, 7) is 0.538. The number of hydrogen-bond donors (Lipinski definition) is 0. The number of benzene rings is 1. The van der Waals surface area contributed by atoms with Gasteiger partial charge in [0, 0.05) is 6.42 Å². The number of hydrogen-bond acceptors (Lipinski definition) is 3. The van der Waals surface area contributed by atoms with Gasteiger partial charge in [0.15, 0.2) is 0 Å². The van der Waals surface area contributed by atoms with Crippen LogP contribution in [-0.4, -0.2) is 19.7 Å². The summed E-state index contributed by atoms with van der Waals surface area (Å²) in [6, 6.07) is 6.01. The Morgan fingerprint density at radius 1 is 1.47 bits per heavy atom. The van der Waals surface area contributed by atoms with Crippen LogP contribution in [0.4, 0.5) is 0 Å². The maximum Gasteiger partial charge on any atom is 0.293 e. The number of carbonyl (C=O) groups is 1. The van der Waals surface area contributed by atoms with E-state index in [0.717, 1.165) is 25.0 Å². The van der Waals surface area contributed by atoms with Crippen molar-refractivity contribution in [2.24, 2.45) is 0 Å². The molecular weight excluding hydrogens is 192 g/mol. The van der Waals surface area contributed by atoms with Gasteiger partial charge in [-0.05, 0) is 30.0 Å². The molecule has 0 saturated heterocycles. The molecule has 0 aliphatic heterocycles. The minimum atomic E-state index is 0.0297. The molecule has 1 aromatic rings. The third kappa shape index (κ3) is 1.96. The van der Waals surface area contributed by atoms with Crippen LogP contribution in [0.1, 0.15) is 17.5 Å². The SMILES string of the molecule is COc1cccc2c1CCC(OC=O)C2. The highest BCUT2D eigenvalue weighted by molar-refractivity contribution is 5.43. The summed E-state index contributed by atoms with van der Waals surface area (Å²) in [6.07, 6.45) is 2.62. The van der Waals surface area contributed by atoms with Crippen LogP contribution in [0, 0.1) is 0 Å². The minimum Gasteiger partial charge on any atom is -0.496 e. The highest BCUT2D eigenvalue weighted by atomic mass is 16.5. The van der Waals surface area contributed by atoms with Gasteiger partial charge in [0.2, 0.25) is 0 Å². The largest absolute Gasteiger partial charge is 0.496 e. The molecule has 0 N–H and O–H groups in total. The molecule has 0 radical (unpaired) electrons. The van der Waals surface area contributed by atoms with Crippen molar-refractivity contribution < 1.29 is 14.3 Å². The molecule has 0 heterocycles. The summed E-state index contributed by atoms with van der Waals surface area (Å²) in [4.78, 5) is 10.3. The van der Waals surface area contributed by atoms with E-state index in [4.69, 9.17) is 9.47 Å². The third-order valence-corrected chi connectivity index (χ3v) is 2.86. The molecule has 0 bridgehead atoms. The van der Waals surface area contributed by atoms with E-state index < -0.39 is 0 Å².